The summed E-state index contributed by atoms with van der Waals surface area (Å²) < 4.78 is 0. The van der Waals surface area contributed by atoms with E-state index in [0.29, 0.717) is 5.02 Å². The molecule has 1 unspecified atom stereocenters. The lowest BCUT2D eigenvalue weighted by molar-refractivity contribution is 1.03. The van der Waals surface area contributed by atoms with Crippen LogP contribution in [0.5, 0.6) is 0 Å². The minimum atomic E-state index is -0.310. The molecule has 1 aromatic heterocycles. The Labute approximate surface area is 109 Å². The molecule has 0 fully saturated rings. The van der Waals surface area contributed by atoms with Gasteiger partial charge in [0.2, 0.25) is 0 Å². The van der Waals surface area contributed by atoms with Gasteiger partial charge in [0.1, 0.15) is 6.04 Å². The van der Waals surface area contributed by atoms with Crippen molar-refractivity contribution in [2.24, 2.45) is 0 Å². The van der Waals surface area contributed by atoms with Crippen molar-refractivity contribution in [1.29, 1.82) is 5.26 Å². The number of nitrogens with zero attached hydrogens (tertiary/aromatic N) is 1. The lowest BCUT2D eigenvalue weighted by atomic mass is 10.2. The molecule has 86 valence electrons. The maximum atomic E-state index is 9.17. The van der Waals surface area contributed by atoms with Gasteiger partial charge >= 0.3 is 0 Å². The van der Waals surface area contributed by atoms with E-state index in [1.807, 2.05) is 31.2 Å². The number of benzene rings is 1. The molecule has 17 heavy (non-hydrogen) atoms. The van der Waals surface area contributed by atoms with Gasteiger partial charge in [0, 0.05) is 20.5 Å². The highest BCUT2D eigenvalue weighted by atomic mass is 35.5. The van der Waals surface area contributed by atoms with E-state index in [1.54, 1.807) is 23.5 Å². The van der Waals surface area contributed by atoms with Crippen LogP contribution in [-0.4, -0.2) is 0 Å². The van der Waals surface area contributed by atoms with E-state index in [9.17, 15) is 5.26 Å². The van der Waals surface area contributed by atoms with E-state index in [-0.39, 0.29) is 6.04 Å². The fraction of sp³-hybridized carbons (Fsp3) is 0.154. The Hall–Kier alpha value is -1.50. The fourth-order valence-corrected chi connectivity index (χ4v) is 2.49. The summed E-state index contributed by atoms with van der Waals surface area (Å²) in [7, 11) is 0. The number of thiophene rings is 1. The van der Waals surface area contributed by atoms with Gasteiger partial charge in [-0.2, -0.15) is 5.26 Å². The first kappa shape index (κ1) is 12.0. The summed E-state index contributed by atoms with van der Waals surface area (Å²) in [4.78, 5) is 2.23. The van der Waals surface area contributed by atoms with Gasteiger partial charge in [0.05, 0.1) is 6.07 Å². The van der Waals surface area contributed by atoms with Crippen molar-refractivity contribution in [2.75, 3.05) is 5.32 Å². The van der Waals surface area contributed by atoms with Gasteiger partial charge < -0.3 is 5.32 Å². The van der Waals surface area contributed by atoms with Crippen LogP contribution in [0.15, 0.2) is 36.4 Å². The first-order valence-electron chi connectivity index (χ1n) is 5.17. The molecule has 2 rings (SSSR count). The molecule has 0 aliphatic carbocycles. The molecule has 0 aliphatic rings. The standard InChI is InChI=1S/C13H11ClN2S/c1-9-2-7-13(17-9)12(8-15)16-11-5-3-10(14)4-6-11/h2-7,12,16H,1H3. The van der Waals surface area contributed by atoms with Crippen LogP contribution in [0.1, 0.15) is 15.8 Å². The number of halogens is 1. The molecule has 4 heteroatoms. The third-order valence-electron chi connectivity index (χ3n) is 2.33. The number of hydrogen-bond acceptors (Lipinski definition) is 3. The lowest BCUT2D eigenvalue weighted by Crippen LogP contribution is -2.06. The van der Waals surface area contributed by atoms with Crippen LogP contribution in [0.25, 0.3) is 0 Å². The Morgan fingerprint density at radius 3 is 2.47 bits per heavy atom. The number of hydrogen-bond donors (Lipinski definition) is 1. The number of nitrogens with one attached hydrogen (secondary N) is 1. The molecule has 0 saturated heterocycles. The average Bonchev–Trinajstić information content (AvgIpc) is 2.75. The van der Waals surface area contributed by atoms with Crippen molar-refractivity contribution >= 4 is 28.6 Å². The number of anilines is 1. The number of rotatable bonds is 3. The molecular weight excluding hydrogens is 252 g/mol. The SMILES string of the molecule is Cc1ccc(C(C#N)Nc2ccc(Cl)cc2)s1. The number of aryl methyl sites for hydroxylation is 1. The Bertz CT molecular complexity index is 539. The molecule has 0 bridgehead atoms. The second kappa shape index (κ2) is 5.22. The normalized spacial score (nSPS) is 11.8. The Kier molecular flexibility index (Phi) is 3.68. The molecule has 0 saturated carbocycles. The zero-order valence-electron chi connectivity index (χ0n) is 9.27. The molecule has 1 aromatic carbocycles. The number of nitriles is 1. The van der Waals surface area contributed by atoms with Crippen molar-refractivity contribution < 1.29 is 0 Å². The molecule has 0 amide bonds. The van der Waals surface area contributed by atoms with Crippen LogP contribution in [-0.2, 0) is 0 Å². The summed E-state index contributed by atoms with van der Waals surface area (Å²) in [5.74, 6) is 0. The van der Waals surface area contributed by atoms with Crippen molar-refractivity contribution in [3.63, 3.8) is 0 Å². The van der Waals surface area contributed by atoms with Crippen molar-refractivity contribution in [3.8, 4) is 6.07 Å². The Morgan fingerprint density at radius 2 is 1.94 bits per heavy atom. The lowest BCUT2D eigenvalue weighted by Gasteiger charge is -2.11. The average molecular weight is 263 g/mol. The maximum absolute atomic E-state index is 9.17. The largest absolute Gasteiger partial charge is 0.366 e. The Balaban J connectivity index is 2.16. The highest BCUT2D eigenvalue weighted by Gasteiger charge is 2.11. The van der Waals surface area contributed by atoms with Gasteiger partial charge in [-0.25, -0.2) is 0 Å². The Morgan fingerprint density at radius 1 is 1.24 bits per heavy atom. The predicted octanol–water partition coefficient (Wildman–Crippen LogP) is 4.39. The van der Waals surface area contributed by atoms with Gasteiger partial charge in [-0.3, -0.25) is 0 Å². The summed E-state index contributed by atoms with van der Waals surface area (Å²) in [6, 6.07) is 13.3. The van der Waals surface area contributed by atoms with E-state index >= 15 is 0 Å². The van der Waals surface area contributed by atoms with Gasteiger partial charge in [-0.05, 0) is 43.3 Å². The third kappa shape index (κ3) is 3.00. The summed E-state index contributed by atoms with van der Waals surface area (Å²) in [6.07, 6.45) is 0. The van der Waals surface area contributed by atoms with Crippen molar-refractivity contribution in [2.45, 2.75) is 13.0 Å². The van der Waals surface area contributed by atoms with Gasteiger partial charge in [-0.15, -0.1) is 11.3 Å². The molecule has 0 aliphatic heterocycles. The zero-order valence-corrected chi connectivity index (χ0v) is 10.8. The molecule has 2 nitrogen and oxygen atoms in total. The van der Waals surface area contributed by atoms with Crippen LogP contribution < -0.4 is 5.32 Å². The third-order valence-corrected chi connectivity index (χ3v) is 3.65. The van der Waals surface area contributed by atoms with E-state index in [0.717, 1.165) is 10.6 Å². The van der Waals surface area contributed by atoms with Gasteiger partial charge in [-0.1, -0.05) is 11.6 Å². The van der Waals surface area contributed by atoms with Crippen LogP contribution in [0.3, 0.4) is 0 Å². The topological polar surface area (TPSA) is 35.8 Å². The summed E-state index contributed by atoms with van der Waals surface area (Å²) in [5, 5.41) is 13.0. The van der Waals surface area contributed by atoms with Crippen molar-refractivity contribution in [3.05, 3.63) is 51.2 Å². The molecule has 1 heterocycles. The van der Waals surface area contributed by atoms with Gasteiger partial charge in [0.15, 0.2) is 0 Å². The highest BCUT2D eigenvalue weighted by molar-refractivity contribution is 7.12. The molecule has 1 N–H and O–H groups in total. The van der Waals surface area contributed by atoms with Crippen LogP contribution in [0, 0.1) is 18.3 Å². The van der Waals surface area contributed by atoms with Crippen LogP contribution >= 0.6 is 22.9 Å². The fourth-order valence-electron chi connectivity index (χ4n) is 1.49. The second-order valence-corrected chi connectivity index (χ2v) is 5.42. The maximum Gasteiger partial charge on any atom is 0.149 e. The van der Waals surface area contributed by atoms with E-state index in [1.165, 1.54) is 4.88 Å². The van der Waals surface area contributed by atoms with E-state index < -0.39 is 0 Å². The first-order chi connectivity index (χ1) is 8.19. The molecule has 0 spiro atoms. The van der Waals surface area contributed by atoms with Crippen LogP contribution in [0.4, 0.5) is 5.69 Å². The monoisotopic (exact) mass is 262 g/mol. The summed E-state index contributed by atoms with van der Waals surface area (Å²) in [5.41, 5.74) is 0.895. The van der Waals surface area contributed by atoms with Gasteiger partial charge in [0.25, 0.3) is 0 Å². The smallest absolute Gasteiger partial charge is 0.149 e. The quantitative estimate of drug-likeness (QED) is 0.891. The highest BCUT2D eigenvalue weighted by Crippen LogP contribution is 2.26. The molecule has 1 atom stereocenters. The summed E-state index contributed by atoms with van der Waals surface area (Å²) in [6.45, 7) is 2.03. The minimum Gasteiger partial charge on any atom is -0.366 e. The van der Waals surface area contributed by atoms with Crippen LogP contribution in [0.2, 0.25) is 5.02 Å². The minimum absolute atomic E-state index is 0.310. The van der Waals surface area contributed by atoms with Crippen molar-refractivity contribution in [1.82, 2.24) is 0 Å². The molecular formula is C13H11ClN2S. The molecule has 0 radical (unpaired) electrons. The molecule has 2 aromatic rings. The van der Waals surface area contributed by atoms with E-state index in [2.05, 4.69) is 11.4 Å². The predicted molar refractivity (Wildman–Crippen MR) is 72.5 cm³/mol. The first-order valence-corrected chi connectivity index (χ1v) is 6.36. The summed E-state index contributed by atoms with van der Waals surface area (Å²) >= 11 is 7.44. The second-order valence-electron chi connectivity index (χ2n) is 3.66. The zero-order chi connectivity index (χ0) is 12.3. The van der Waals surface area contributed by atoms with E-state index in [4.69, 9.17) is 11.6 Å².